The van der Waals surface area contributed by atoms with Gasteiger partial charge in [-0.05, 0) is 25.5 Å². The summed E-state index contributed by atoms with van der Waals surface area (Å²) in [7, 11) is 0. The van der Waals surface area contributed by atoms with E-state index in [1.165, 1.54) is 6.07 Å². The van der Waals surface area contributed by atoms with Crippen molar-refractivity contribution in [1.29, 1.82) is 0 Å². The molecule has 2 N–H and O–H groups in total. The van der Waals surface area contributed by atoms with Crippen LogP contribution in [0.2, 0.25) is 0 Å². The van der Waals surface area contributed by atoms with Crippen LogP contribution >= 0.6 is 0 Å². The van der Waals surface area contributed by atoms with Gasteiger partial charge in [-0.25, -0.2) is 4.39 Å². The van der Waals surface area contributed by atoms with Crippen LogP contribution in [0, 0.1) is 12.7 Å². The molecule has 94 valence electrons. The standard InChI is InChI=1S/C13H19FN2O/c1-9-3-4-11(14)13(17)12(9)10(2)16-7-5-15-6-8-16/h3-4,10,15,17H,5-8H2,1-2H3/t10-/m1/s1. The van der Waals surface area contributed by atoms with Crippen molar-refractivity contribution in [2.75, 3.05) is 26.2 Å². The number of rotatable bonds is 2. The van der Waals surface area contributed by atoms with E-state index in [2.05, 4.69) is 10.2 Å². The second kappa shape index (κ2) is 5.02. The zero-order valence-corrected chi connectivity index (χ0v) is 10.3. The normalized spacial score (nSPS) is 19.2. The van der Waals surface area contributed by atoms with Crippen molar-refractivity contribution in [3.05, 3.63) is 29.1 Å². The maximum atomic E-state index is 13.4. The van der Waals surface area contributed by atoms with E-state index in [9.17, 15) is 9.50 Å². The Bertz CT molecular complexity index is 403. The zero-order valence-electron chi connectivity index (χ0n) is 10.3. The SMILES string of the molecule is Cc1ccc(F)c(O)c1[C@@H](C)N1CCNCC1. The van der Waals surface area contributed by atoms with E-state index in [0.717, 1.165) is 31.7 Å². The van der Waals surface area contributed by atoms with Crippen molar-refractivity contribution >= 4 is 0 Å². The van der Waals surface area contributed by atoms with Crippen LogP contribution in [0.4, 0.5) is 4.39 Å². The Balaban J connectivity index is 2.29. The first kappa shape index (κ1) is 12.3. The van der Waals surface area contributed by atoms with E-state index < -0.39 is 5.82 Å². The van der Waals surface area contributed by atoms with Crippen LogP contribution in [0.25, 0.3) is 0 Å². The van der Waals surface area contributed by atoms with E-state index in [0.29, 0.717) is 5.56 Å². The third kappa shape index (κ3) is 2.42. The van der Waals surface area contributed by atoms with E-state index >= 15 is 0 Å². The minimum absolute atomic E-state index is 0.0489. The highest BCUT2D eigenvalue weighted by molar-refractivity contribution is 5.41. The number of piperazine rings is 1. The maximum Gasteiger partial charge on any atom is 0.165 e. The Morgan fingerprint density at radius 1 is 1.35 bits per heavy atom. The van der Waals surface area contributed by atoms with E-state index in [1.807, 2.05) is 13.8 Å². The first-order valence-corrected chi connectivity index (χ1v) is 6.04. The number of nitrogens with one attached hydrogen (secondary N) is 1. The van der Waals surface area contributed by atoms with Crippen molar-refractivity contribution in [3.63, 3.8) is 0 Å². The molecule has 0 saturated carbocycles. The van der Waals surface area contributed by atoms with Gasteiger partial charge in [0.2, 0.25) is 0 Å². The molecule has 0 aromatic heterocycles. The largest absolute Gasteiger partial charge is 0.505 e. The van der Waals surface area contributed by atoms with Gasteiger partial charge in [0, 0.05) is 37.8 Å². The van der Waals surface area contributed by atoms with E-state index in [1.54, 1.807) is 6.07 Å². The Labute approximate surface area is 101 Å². The van der Waals surface area contributed by atoms with Crippen molar-refractivity contribution in [2.45, 2.75) is 19.9 Å². The van der Waals surface area contributed by atoms with Gasteiger partial charge in [-0.1, -0.05) is 6.07 Å². The Morgan fingerprint density at radius 2 is 2.00 bits per heavy atom. The summed E-state index contributed by atoms with van der Waals surface area (Å²) < 4.78 is 13.4. The fraction of sp³-hybridized carbons (Fsp3) is 0.538. The lowest BCUT2D eigenvalue weighted by molar-refractivity contribution is 0.181. The molecule has 3 nitrogen and oxygen atoms in total. The molecule has 17 heavy (non-hydrogen) atoms. The fourth-order valence-corrected chi connectivity index (χ4v) is 2.46. The summed E-state index contributed by atoms with van der Waals surface area (Å²) in [5.41, 5.74) is 1.65. The minimum Gasteiger partial charge on any atom is -0.505 e. The smallest absolute Gasteiger partial charge is 0.165 e. The molecule has 0 amide bonds. The number of phenolic OH excluding ortho intramolecular Hbond substituents is 1. The number of aryl methyl sites for hydroxylation is 1. The summed E-state index contributed by atoms with van der Waals surface area (Å²) in [4.78, 5) is 2.26. The zero-order chi connectivity index (χ0) is 12.4. The lowest BCUT2D eigenvalue weighted by atomic mass is 9.99. The lowest BCUT2D eigenvalue weighted by Crippen LogP contribution is -2.44. The number of nitrogens with zero attached hydrogens (tertiary/aromatic N) is 1. The molecule has 1 aliphatic rings. The average Bonchev–Trinajstić information content (AvgIpc) is 2.35. The van der Waals surface area contributed by atoms with E-state index in [4.69, 9.17) is 0 Å². The predicted molar refractivity (Wildman–Crippen MR) is 65.7 cm³/mol. The van der Waals surface area contributed by atoms with Gasteiger partial charge in [0.15, 0.2) is 11.6 Å². The summed E-state index contributed by atoms with van der Waals surface area (Å²) in [6.07, 6.45) is 0. The number of benzene rings is 1. The van der Waals surface area contributed by atoms with Crippen molar-refractivity contribution in [1.82, 2.24) is 10.2 Å². The molecule has 0 aliphatic carbocycles. The molecule has 2 rings (SSSR count). The average molecular weight is 238 g/mol. The van der Waals surface area contributed by atoms with Crippen LogP contribution in [0.3, 0.4) is 0 Å². The molecule has 4 heteroatoms. The van der Waals surface area contributed by atoms with Crippen LogP contribution < -0.4 is 5.32 Å². The van der Waals surface area contributed by atoms with Gasteiger partial charge in [-0.2, -0.15) is 0 Å². The summed E-state index contributed by atoms with van der Waals surface area (Å²) in [6, 6.07) is 3.09. The lowest BCUT2D eigenvalue weighted by Gasteiger charge is -2.34. The molecule has 1 aromatic carbocycles. The highest BCUT2D eigenvalue weighted by Crippen LogP contribution is 2.33. The van der Waals surface area contributed by atoms with Gasteiger partial charge in [0.1, 0.15) is 0 Å². The van der Waals surface area contributed by atoms with Gasteiger partial charge in [-0.15, -0.1) is 0 Å². The molecule has 1 saturated heterocycles. The van der Waals surface area contributed by atoms with Crippen LogP contribution in [0.15, 0.2) is 12.1 Å². The first-order chi connectivity index (χ1) is 8.11. The molecule has 0 unspecified atom stereocenters. The van der Waals surface area contributed by atoms with Gasteiger partial charge in [0.25, 0.3) is 0 Å². The Kier molecular flexibility index (Phi) is 3.64. The predicted octanol–water partition coefficient (Wildman–Crippen LogP) is 1.81. The summed E-state index contributed by atoms with van der Waals surface area (Å²) in [5, 5.41) is 13.1. The quantitative estimate of drug-likeness (QED) is 0.824. The Hall–Kier alpha value is -1.13. The first-order valence-electron chi connectivity index (χ1n) is 6.04. The molecule has 1 atom stereocenters. The molecule has 0 spiro atoms. The molecule has 0 radical (unpaired) electrons. The monoisotopic (exact) mass is 238 g/mol. The second-order valence-corrected chi connectivity index (χ2v) is 4.59. The third-order valence-corrected chi connectivity index (χ3v) is 3.50. The highest BCUT2D eigenvalue weighted by Gasteiger charge is 2.23. The van der Waals surface area contributed by atoms with E-state index in [-0.39, 0.29) is 11.8 Å². The molecular weight excluding hydrogens is 219 g/mol. The van der Waals surface area contributed by atoms with Gasteiger partial charge >= 0.3 is 0 Å². The molecule has 1 aliphatic heterocycles. The third-order valence-electron chi connectivity index (χ3n) is 3.50. The molecule has 0 bridgehead atoms. The highest BCUT2D eigenvalue weighted by atomic mass is 19.1. The number of hydrogen-bond donors (Lipinski definition) is 2. The number of phenols is 1. The number of aromatic hydroxyl groups is 1. The fourth-order valence-electron chi connectivity index (χ4n) is 2.46. The van der Waals surface area contributed by atoms with Gasteiger partial charge in [-0.3, -0.25) is 4.90 Å². The summed E-state index contributed by atoms with van der Waals surface area (Å²) in [6.45, 7) is 7.67. The summed E-state index contributed by atoms with van der Waals surface area (Å²) >= 11 is 0. The molecule has 1 heterocycles. The topological polar surface area (TPSA) is 35.5 Å². The van der Waals surface area contributed by atoms with Crippen LogP contribution in [-0.2, 0) is 0 Å². The Morgan fingerprint density at radius 3 is 2.65 bits per heavy atom. The van der Waals surface area contributed by atoms with Crippen LogP contribution in [0.5, 0.6) is 5.75 Å². The van der Waals surface area contributed by atoms with Crippen molar-refractivity contribution in [3.8, 4) is 5.75 Å². The summed E-state index contributed by atoms with van der Waals surface area (Å²) in [5.74, 6) is -0.733. The van der Waals surface area contributed by atoms with Crippen LogP contribution in [-0.4, -0.2) is 36.2 Å². The molecule has 1 fully saturated rings. The van der Waals surface area contributed by atoms with Gasteiger partial charge < -0.3 is 10.4 Å². The van der Waals surface area contributed by atoms with Crippen molar-refractivity contribution in [2.24, 2.45) is 0 Å². The molecule has 1 aromatic rings. The van der Waals surface area contributed by atoms with Crippen LogP contribution in [0.1, 0.15) is 24.1 Å². The number of hydrogen-bond acceptors (Lipinski definition) is 3. The maximum absolute atomic E-state index is 13.4. The minimum atomic E-state index is -0.535. The second-order valence-electron chi connectivity index (χ2n) is 4.59. The van der Waals surface area contributed by atoms with Gasteiger partial charge in [0.05, 0.1) is 0 Å². The molecular formula is C13H19FN2O. The van der Waals surface area contributed by atoms with Crippen molar-refractivity contribution < 1.29 is 9.50 Å². The number of halogens is 1.